The van der Waals surface area contributed by atoms with Crippen molar-refractivity contribution >= 4 is 53.3 Å². The van der Waals surface area contributed by atoms with Crippen molar-refractivity contribution in [3.05, 3.63) is 95.6 Å². The molecule has 3 rings (SSSR count). The predicted molar refractivity (Wildman–Crippen MR) is 235 cm³/mol. The summed E-state index contributed by atoms with van der Waals surface area (Å²) in [7, 11) is 1.29. The van der Waals surface area contributed by atoms with E-state index in [-0.39, 0.29) is 25.2 Å². The summed E-state index contributed by atoms with van der Waals surface area (Å²) in [5.41, 5.74) is 8.81. The Morgan fingerprint density at radius 2 is 1.03 bits per heavy atom. The topological polar surface area (TPSA) is 293 Å². The molecule has 0 bridgehead atoms. The second-order valence-electron chi connectivity index (χ2n) is 15.6. The van der Waals surface area contributed by atoms with Crippen LogP contribution in [0.3, 0.4) is 0 Å². The highest BCUT2D eigenvalue weighted by molar-refractivity contribution is 5.96. The van der Waals surface area contributed by atoms with Gasteiger partial charge >= 0.3 is 11.9 Å². The van der Waals surface area contributed by atoms with Crippen LogP contribution in [0, 0.1) is 5.92 Å². The molecular formula is C45H58N8O11. The van der Waals surface area contributed by atoms with Crippen molar-refractivity contribution in [3.63, 3.8) is 0 Å². The summed E-state index contributed by atoms with van der Waals surface area (Å²) in [6.45, 7) is 6.64. The standard InChI is InChI=1S/C45H58N8O11/c1-25(2)20-36(44(61)62)53-43(60)35(21-29-10-8-7-9-11-29)51-38(55)24-47-37(54)23-48-42(59)34(52-41(58)28(5)50-40(57)27(4)49-39(56)26(3)46)22-30-12-14-31(15-13-30)32-16-18-33(19-17-32)45(63)64-6/h7-19,25-28,34-36H,20-24,46H2,1-6H3,(H,47,54)(H,48,59)(H,49,56)(H,50,57)(H,51,55)(H,52,58)(H,53,60)(H,61,62)/t26-,27-,28-,34-,35-,36-/m0/s1. The normalized spacial score (nSPS) is 13.6. The molecule has 7 amide bonds. The minimum atomic E-state index is -1.27. The number of aliphatic carboxylic acids is 1. The molecule has 0 saturated heterocycles. The Hall–Kier alpha value is -7.15. The second kappa shape index (κ2) is 25.1. The van der Waals surface area contributed by atoms with Crippen molar-refractivity contribution in [2.45, 2.75) is 90.1 Å². The van der Waals surface area contributed by atoms with E-state index in [2.05, 4.69) is 37.2 Å². The van der Waals surface area contributed by atoms with E-state index in [9.17, 15) is 48.3 Å². The molecule has 344 valence electrons. The van der Waals surface area contributed by atoms with Crippen LogP contribution in [0.5, 0.6) is 0 Å². The van der Waals surface area contributed by atoms with E-state index in [0.717, 1.165) is 11.1 Å². The number of hydrogen-bond acceptors (Lipinski definition) is 11. The molecule has 0 aromatic heterocycles. The lowest BCUT2D eigenvalue weighted by molar-refractivity contribution is -0.142. The maximum atomic E-state index is 13.6. The zero-order valence-corrected chi connectivity index (χ0v) is 36.7. The number of amides is 7. The lowest BCUT2D eigenvalue weighted by Gasteiger charge is -2.23. The maximum absolute atomic E-state index is 13.6. The summed E-state index contributed by atoms with van der Waals surface area (Å²) in [5, 5.41) is 27.1. The summed E-state index contributed by atoms with van der Waals surface area (Å²) in [6.07, 6.45) is 0.129. The minimum absolute atomic E-state index is 0.0296. The molecule has 19 nitrogen and oxygen atoms in total. The number of carbonyl (C=O) groups is 9. The number of nitrogens with two attached hydrogens (primary N) is 1. The van der Waals surface area contributed by atoms with Crippen LogP contribution in [-0.4, -0.2) is 115 Å². The molecule has 0 aliphatic rings. The third-order valence-corrected chi connectivity index (χ3v) is 9.71. The van der Waals surface area contributed by atoms with Crippen LogP contribution in [0.15, 0.2) is 78.9 Å². The van der Waals surface area contributed by atoms with Gasteiger partial charge in [-0.1, -0.05) is 80.6 Å². The third-order valence-electron chi connectivity index (χ3n) is 9.71. The highest BCUT2D eigenvalue weighted by atomic mass is 16.5. The molecule has 3 aromatic carbocycles. The van der Waals surface area contributed by atoms with Gasteiger partial charge in [0.25, 0.3) is 0 Å². The zero-order valence-electron chi connectivity index (χ0n) is 36.7. The van der Waals surface area contributed by atoms with E-state index in [1.807, 2.05) is 13.8 Å². The van der Waals surface area contributed by atoms with E-state index in [0.29, 0.717) is 16.7 Å². The lowest BCUT2D eigenvalue weighted by Crippen LogP contribution is -2.57. The Labute approximate surface area is 371 Å². The SMILES string of the molecule is COC(=O)c1ccc(-c2ccc(C[C@H](NC(=O)[C@H](C)NC(=O)[C@H](C)NC(=O)[C@H](C)N)C(=O)NCC(=O)NCC(=O)N[C@@H](Cc3ccccc3)C(=O)N[C@@H](CC(C)C)C(=O)O)cc2)cc1. The largest absolute Gasteiger partial charge is 0.480 e. The number of carboxylic acid groups (broad SMARTS) is 1. The number of hydrogen-bond donors (Lipinski definition) is 9. The van der Waals surface area contributed by atoms with Crippen LogP contribution in [0.2, 0.25) is 0 Å². The quantitative estimate of drug-likeness (QED) is 0.0574. The fourth-order valence-corrected chi connectivity index (χ4v) is 6.11. The zero-order chi connectivity index (χ0) is 47.5. The second-order valence-corrected chi connectivity index (χ2v) is 15.6. The predicted octanol–water partition coefficient (Wildman–Crippen LogP) is 0.0995. The summed E-state index contributed by atoms with van der Waals surface area (Å²) >= 11 is 0. The molecule has 0 unspecified atom stereocenters. The van der Waals surface area contributed by atoms with E-state index < -0.39 is 103 Å². The summed E-state index contributed by atoms with van der Waals surface area (Å²) in [6, 6.07) is 15.8. The molecular weight excluding hydrogens is 829 g/mol. The molecule has 0 aliphatic carbocycles. The Morgan fingerprint density at radius 1 is 0.547 bits per heavy atom. The molecule has 0 heterocycles. The Balaban J connectivity index is 1.70. The Bertz CT molecular complexity index is 2110. The highest BCUT2D eigenvalue weighted by Gasteiger charge is 2.29. The van der Waals surface area contributed by atoms with Gasteiger partial charge in [0.05, 0.1) is 31.8 Å². The Morgan fingerprint density at radius 3 is 1.56 bits per heavy atom. The first-order valence-corrected chi connectivity index (χ1v) is 20.6. The van der Waals surface area contributed by atoms with Crippen molar-refractivity contribution in [2.75, 3.05) is 20.2 Å². The average Bonchev–Trinajstić information content (AvgIpc) is 3.26. The number of ether oxygens (including phenoxy) is 1. The van der Waals surface area contributed by atoms with Gasteiger partial charge in [0, 0.05) is 12.8 Å². The van der Waals surface area contributed by atoms with Crippen molar-refractivity contribution in [1.82, 2.24) is 37.2 Å². The van der Waals surface area contributed by atoms with Crippen molar-refractivity contribution in [3.8, 4) is 11.1 Å². The molecule has 19 heteroatoms. The highest BCUT2D eigenvalue weighted by Crippen LogP contribution is 2.21. The maximum Gasteiger partial charge on any atom is 0.337 e. The van der Waals surface area contributed by atoms with E-state index in [4.69, 9.17) is 10.5 Å². The van der Waals surface area contributed by atoms with Crippen LogP contribution in [0.1, 0.15) is 62.5 Å². The fourth-order valence-electron chi connectivity index (χ4n) is 6.11. The first-order chi connectivity index (χ1) is 30.3. The van der Waals surface area contributed by atoms with Gasteiger partial charge < -0.3 is 52.8 Å². The summed E-state index contributed by atoms with van der Waals surface area (Å²) < 4.78 is 4.75. The molecule has 0 spiro atoms. The number of carboxylic acids is 1. The van der Waals surface area contributed by atoms with Crippen LogP contribution in [0.4, 0.5) is 0 Å². The van der Waals surface area contributed by atoms with Gasteiger partial charge in [0.15, 0.2) is 0 Å². The minimum Gasteiger partial charge on any atom is -0.480 e. The number of rotatable bonds is 23. The average molecular weight is 887 g/mol. The number of carbonyl (C=O) groups excluding carboxylic acids is 8. The number of benzene rings is 3. The van der Waals surface area contributed by atoms with Gasteiger partial charge in [-0.15, -0.1) is 0 Å². The molecule has 0 radical (unpaired) electrons. The lowest BCUT2D eigenvalue weighted by atomic mass is 9.99. The molecule has 10 N–H and O–H groups in total. The van der Waals surface area contributed by atoms with Crippen molar-refractivity contribution in [2.24, 2.45) is 11.7 Å². The van der Waals surface area contributed by atoms with Crippen molar-refractivity contribution < 1.29 is 53.0 Å². The fraction of sp³-hybridized carbons (Fsp3) is 0.400. The first kappa shape index (κ1) is 51.2. The monoisotopic (exact) mass is 886 g/mol. The van der Waals surface area contributed by atoms with Gasteiger partial charge in [-0.25, -0.2) is 9.59 Å². The summed E-state index contributed by atoms with van der Waals surface area (Å²) in [5.74, 6) is -6.81. The number of esters is 1. The number of methoxy groups -OCH3 is 1. The van der Waals surface area contributed by atoms with E-state index in [1.54, 1.807) is 78.9 Å². The smallest absolute Gasteiger partial charge is 0.337 e. The molecule has 3 aromatic rings. The third kappa shape index (κ3) is 17.0. The van der Waals surface area contributed by atoms with Gasteiger partial charge in [0.1, 0.15) is 30.2 Å². The van der Waals surface area contributed by atoms with Crippen LogP contribution >= 0.6 is 0 Å². The molecule has 0 saturated carbocycles. The van der Waals surface area contributed by atoms with Gasteiger partial charge in [-0.2, -0.15) is 0 Å². The van der Waals surface area contributed by atoms with Crippen LogP contribution in [-0.2, 0) is 55.9 Å². The van der Waals surface area contributed by atoms with Crippen molar-refractivity contribution in [1.29, 1.82) is 0 Å². The van der Waals surface area contributed by atoms with E-state index >= 15 is 0 Å². The Kier molecular flexibility index (Phi) is 20.1. The van der Waals surface area contributed by atoms with Gasteiger partial charge in [-0.05, 0) is 67.5 Å². The van der Waals surface area contributed by atoms with Gasteiger partial charge in [-0.3, -0.25) is 33.6 Å². The number of nitrogens with one attached hydrogen (secondary N) is 7. The first-order valence-electron chi connectivity index (χ1n) is 20.6. The molecule has 0 aliphatic heterocycles. The van der Waals surface area contributed by atoms with Gasteiger partial charge in [0.2, 0.25) is 41.4 Å². The molecule has 0 fully saturated rings. The molecule has 6 atom stereocenters. The van der Waals surface area contributed by atoms with Crippen LogP contribution < -0.4 is 43.0 Å². The summed E-state index contributed by atoms with van der Waals surface area (Å²) in [4.78, 5) is 115. The van der Waals surface area contributed by atoms with E-state index in [1.165, 1.54) is 27.9 Å². The molecule has 64 heavy (non-hydrogen) atoms. The van der Waals surface area contributed by atoms with Crippen LogP contribution in [0.25, 0.3) is 11.1 Å².